The maximum atomic E-state index is 11.9. The number of rotatable bonds is 10. The second-order valence-electron chi connectivity index (χ2n) is 5.14. The van der Waals surface area contributed by atoms with E-state index in [9.17, 15) is 14.4 Å². The number of hydrogen-bond donors (Lipinski definition) is 5. The van der Waals surface area contributed by atoms with Crippen molar-refractivity contribution in [1.29, 1.82) is 0 Å². The molecule has 0 aliphatic carbocycles. The molecule has 0 saturated carbocycles. The number of pyridine rings is 1. The third kappa shape index (κ3) is 8.89. The SMILES string of the molecule is NC(N)=NCCCC(=O)NCC(=O)Nc1ncccc1CCC(=O)O. The Bertz CT molecular complexity index is 643. The Kier molecular flexibility index (Phi) is 8.41. The van der Waals surface area contributed by atoms with E-state index in [-0.39, 0.29) is 43.5 Å². The Morgan fingerprint density at radius 1 is 1.20 bits per heavy atom. The Morgan fingerprint density at radius 2 is 1.96 bits per heavy atom. The van der Waals surface area contributed by atoms with Crippen LogP contribution in [-0.2, 0) is 20.8 Å². The molecule has 1 heterocycles. The zero-order valence-electron chi connectivity index (χ0n) is 13.7. The fourth-order valence-electron chi connectivity index (χ4n) is 1.89. The lowest BCUT2D eigenvalue weighted by atomic mass is 10.1. The molecule has 1 aromatic heterocycles. The number of aliphatic carboxylic acids is 1. The molecular weight excluding hydrogens is 328 g/mol. The maximum Gasteiger partial charge on any atom is 0.303 e. The minimum atomic E-state index is -0.936. The van der Waals surface area contributed by atoms with Gasteiger partial charge in [-0.1, -0.05) is 6.07 Å². The minimum absolute atomic E-state index is 0.0335. The van der Waals surface area contributed by atoms with Gasteiger partial charge >= 0.3 is 5.97 Å². The molecule has 0 aliphatic heterocycles. The number of aryl methyl sites for hydroxylation is 1. The first kappa shape index (κ1) is 19.9. The highest BCUT2D eigenvalue weighted by Crippen LogP contribution is 2.13. The molecule has 0 saturated heterocycles. The van der Waals surface area contributed by atoms with Crippen LogP contribution in [0.3, 0.4) is 0 Å². The molecule has 2 amide bonds. The highest BCUT2D eigenvalue weighted by molar-refractivity contribution is 5.94. The van der Waals surface area contributed by atoms with Crippen molar-refractivity contribution in [3.8, 4) is 0 Å². The van der Waals surface area contributed by atoms with Gasteiger partial charge in [0.25, 0.3) is 0 Å². The summed E-state index contributed by atoms with van der Waals surface area (Å²) in [7, 11) is 0. The highest BCUT2D eigenvalue weighted by atomic mass is 16.4. The highest BCUT2D eigenvalue weighted by Gasteiger charge is 2.10. The number of nitrogens with one attached hydrogen (secondary N) is 2. The van der Waals surface area contributed by atoms with Gasteiger partial charge in [0.15, 0.2) is 5.96 Å². The molecule has 0 aliphatic rings. The quantitative estimate of drug-likeness (QED) is 0.209. The van der Waals surface area contributed by atoms with Crippen LogP contribution in [0.2, 0.25) is 0 Å². The fourth-order valence-corrected chi connectivity index (χ4v) is 1.89. The number of anilines is 1. The number of carbonyl (C=O) groups is 3. The van der Waals surface area contributed by atoms with Gasteiger partial charge in [-0.2, -0.15) is 0 Å². The number of amides is 2. The summed E-state index contributed by atoms with van der Waals surface area (Å²) in [5, 5.41) is 13.8. The monoisotopic (exact) mass is 350 g/mol. The Balaban J connectivity index is 2.40. The van der Waals surface area contributed by atoms with Crippen LogP contribution in [0.4, 0.5) is 5.82 Å². The van der Waals surface area contributed by atoms with E-state index in [0.29, 0.717) is 18.5 Å². The van der Waals surface area contributed by atoms with Crippen molar-refractivity contribution in [3.05, 3.63) is 23.9 Å². The number of hydrogen-bond acceptors (Lipinski definition) is 5. The van der Waals surface area contributed by atoms with E-state index in [1.807, 2.05) is 0 Å². The zero-order chi connectivity index (χ0) is 18.7. The lowest BCUT2D eigenvalue weighted by Gasteiger charge is -2.10. The smallest absolute Gasteiger partial charge is 0.303 e. The van der Waals surface area contributed by atoms with Crippen LogP contribution in [0.15, 0.2) is 23.3 Å². The van der Waals surface area contributed by atoms with Crippen molar-refractivity contribution >= 4 is 29.6 Å². The minimum Gasteiger partial charge on any atom is -0.481 e. The second-order valence-corrected chi connectivity index (χ2v) is 5.14. The summed E-state index contributed by atoms with van der Waals surface area (Å²) >= 11 is 0. The molecule has 25 heavy (non-hydrogen) atoms. The third-order valence-electron chi connectivity index (χ3n) is 3.06. The predicted octanol–water partition coefficient (Wildman–Crippen LogP) is -0.793. The van der Waals surface area contributed by atoms with Crippen molar-refractivity contribution in [2.45, 2.75) is 25.7 Å². The standard InChI is InChI=1S/C15H22N6O4/c16-15(17)19-8-2-4-11(22)20-9-12(23)21-14-10(3-1-7-18-14)5-6-13(24)25/h1,3,7H,2,4-6,8-9H2,(H,20,22)(H,24,25)(H4,16,17,19)(H,18,21,23). The molecule has 0 atom stereocenters. The van der Waals surface area contributed by atoms with Crippen molar-refractivity contribution in [3.63, 3.8) is 0 Å². The lowest BCUT2D eigenvalue weighted by Crippen LogP contribution is -2.33. The largest absolute Gasteiger partial charge is 0.481 e. The summed E-state index contributed by atoms with van der Waals surface area (Å²) in [6.07, 6.45) is 2.32. The average Bonchev–Trinajstić information content (AvgIpc) is 2.56. The number of carboxylic acid groups (broad SMARTS) is 1. The van der Waals surface area contributed by atoms with Crippen molar-refractivity contribution in [2.24, 2.45) is 16.5 Å². The molecule has 0 unspecified atom stereocenters. The molecule has 0 fully saturated rings. The van der Waals surface area contributed by atoms with E-state index < -0.39 is 11.9 Å². The number of guanidine groups is 1. The number of aromatic nitrogens is 1. The molecule has 0 aromatic carbocycles. The first-order valence-corrected chi connectivity index (χ1v) is 7.66. The topological polar surface area (TPSA) is 173 Å². The fraction of sp³-hybridized carbons (Fsp3) is 0.400. The predicted molar refractivity (Wildman–Crippen MR) is 91.7 cm³/mol. The van der Waals surface area contributed by atoms with Crippen LogP contribution in [0, 0.1) is 0 Å². The molecule has 0 radical (unpaired) electrons. The van der Waals surface area contributed by atoms with E-state index in [4.69, 9.17) is 16.6 Å². The van der Waals surface area contributed by atoms with Gasteiger partial charge in [0, 0.05) is 25.6 Å². The van der Waals surface area contributed by atoms with Crippen LogP contribution in [0.1, 0.15) is 24.8 Å². The average molecular weight is 350 g/mol. The number of carboxylic acids is 1. The number of nitrogens with zero attached hydrogens (tertiary/aromatic N) is 2. The number of carbonyl (C=O) groups excluding carboxylic acids is 2. The van der Waals surface area contributed by atoms with Gasteiger partial charge < -0.3 is 27.2 Å². The van der Waals surface area contributed by atoms with Crippen molar-refractivity contribution in [1.82, 2.24) is 10.3 Å². The van der Waals surface area contributed by atoms with E-state index in [0.717, 1.165) is 0 Å². The van der Waals surface area contributed by atoms with Crippen LogP contribution < -0.4 is 22.1 Å². The molecule has 1 rings (SSSR count). The lowest BCUT2D eigenvalue weighted by molar-refractivity contribution is -0.137. The van der Waals surface area contributed by atoms with Crippen molar-refractivity contribution < 1.29 is 19.5 Å². The molecule has 136 valence electrons. The second kappa shape index (κ2) is 10.6. The van der Waals surface area contributed by atoms with Gasteiger partial charge in [-0.05, 0) is 24.5 Å². The normalized spacial score (nSPS) is 9.92. The van der Waals surface area contributed by atoms with Gasteiger partial charge in [-0.15, -0.1) is 0 Å². The molecule has 7 N–H and O–H groups in total. The zero-order valence-corrected chi connectivity index (χ0v) is 13.7. The van der Waals surface area contributed by atoms with Crippen LogP contribution in [0.25, 0.3) is 0 Å². The third-order valence-corrected chi connectivity index (χ3v) is 3.06. The van der Waals surface area contributed by atoms with Crippen LogP contribution >= 0.6 is 0 Å². The summed E-state index contributed by atoms with van der Waals surface area (Å²) in [5.41, 5.74) is 10.9. The maximum absolute atomic E-state index is 11.9. The van der Waals surface area contributed by atoms with Gasteiger partial charge in [0.2, 0.25) is 11.8 Å². The van der Waals surface area contributed by atoms with Crippen molar-refractivity contribution in [2.75, 3.05) is 18.4 Å². The van der Waals surface area contributed by atoms with Crippen LogP contribution in [-0.4, -0.2) is 46.9 Å². The van der Waals surface area contributed by atoms with E-state index in [1.54, 1.807) is 12.1 Å². The first-order chi connectivity index (χ1) is 11.9. The summed E-state index contributed by atoms with van der Waals surface area (Å²) in [4.78, 5) is 41.9. The summed E-state index contributed by atoms with van der Waals surface area (Å²) < 4.78 is 0. The summed E-state index contributed by atoms with van der Waals surface area (Å²) in [6.45, 7) is 0.124. The van der Waals surface area contributed by atoms with E-state index in [2.05, 4.69) is 20.6 Å². The molecule has 0 spiro atoms. The Labute approximate surface area is 144 Å². The molecule has 10 nitrogen and oxygen atoms in total. The van der Waals surface area contributed by atoms with Gasteiger partial charge in [-0.3, -0.25) is 19.4 Å². The molecule has 10 heteroatoms. The van der Waals surface area contributed by atoms with Gasteiger partial charge in [0.1, 0.15) is 5.82 Å². The molecule has 1 aromatic rings. The Morgan fingerprint density at radius 3 is 2.64 bits per heavy atom. The van der Waals surface area contributed by atoms with E-state index >= 15 is 0 Å². The molecular formula is C15H22N6O4. The summed E-state index contributed by atoms with van der Waals surface area (Å²) in [6, 6.07) is 3.35. The van der Waals surface area contributed by atoms with E-state index in [1.165, 1.54) is 6.20 Å². The van der Waals surface area contributed by atoms with Crippen LogP contribution in [0.5, 0.6) is 0 Å². The van der Waals surface area contributed by atoms with Gasteiger partial charge in [0.05, 0.1) is 6.54 Å². The first-order valence-electron chi connectivity index (χ1n) is 7.66. The summed E-state index contributed by atoms with van der Waals surface area (Å²) in [5.74, 6) is -1.43. The Hall–Kier alpha value is -3.17. The number of aliphatic imine (C=N–C) groups is 1. The van der Waals surface area contributed by atoms with Gasteiger partial charge in [-0.25, -0.2) is 4.98 Å². The number of nitrogens with two attached hydrogens (primary N) is 2. The molecule has 0 bridgehead atoms.